The van der Waals surface area contributed by atoms with Crippen LogP contribution in [0.1, 0.15) is 84.1 Å². The zero-order valence-corrected chi connectivity index (χ0v) is 16.8. The topological polar surface area (TPSA) is 46.9 Å². The predicted molar refractivity (Wildman–Crippen MR) is 105 cm³/mol. The summed E-state index contributed by atoms with van der Waals surface area (Å²) in [7, 11) is 1.54. The van der Waals surface area contributed by atoms with Crippen LogP contribution < -0.4 is 5.32 Å². The van der Waals surface area contributed by atoms with E-state index in [9.17, 15) is 13.6 Å². The normalized spacial score (nSPS) is 22.9. The number of rotatable bonds is 5. The summed E-state index contributed by atoms with van der Waals surface area (Å²) in [6, 6.07) is 3.97. The minimum absolute atomic E-state index is 0.0614. The maximum Gasteiger partial charge on any atom is 0.282 e. The molecule has 2 aliphatic carbocycles. The van der Waals surface area contributed by atoms with E-state index in [1.165, 1.54) is 40.4 Å². The van der Waals surface area contributed by atoms with Crippen LogP contribution in [0.25, 0.3) is 0 Å². The molecule has 3 atom stereocenters. The summed E-state index contributed by atoms with van der Waals surface area (Å²) in [4.78, 5) is 12.8. The molecule has 1 N–H and O–H groups in total. The fraction of sp³-hybridized carbons (Fsp3) is 0.545. The molecule has 1 amide bonds. The van der Waals surface area contributed by atoms with Crippen LogP contribution in [0.4, 0.5) is 14.5 Å². The number of benzene rings is 1. The molecule has 150 valence electrons. The molecular formula is C22H27F2N3O. The Balaban J connectivity index is 1.68. The van der Waals surface area contributed by atoms with Gasteiger partial charge in [-0.3, -0.25) is 9.48 Å². The summed E-state index contributed by atoms with van der Waals surface area (Å²) in [6.07, 6.45) is 2.09. The fourth-order valence-electron chi connectivity index (χ4n) is 5.43. The Morgan fingerprint density at radius 2 is 1.93 bits per heavy atom. The fourth-order valence-corrected chi connectivity index (χ4v) is 5.43. The second-order valence-electron chi connectivity index (χ2n) is 8.70. The number of hydrogen-bond acceptors (Lipinski definition) is 2. The van der Waals surface area contributed by atoms with Crippen LogP contribution >= 0.6 is 0 Å². The van der Waals surface area contributed by atoms with E-state index in [1.54, 1.807) is 7.05 Å². The van der Waals surface area contributed by atoms with E-state index >= 15 is 0 Å². The smallest absolute Gasteiger partial charge is 0.282 e. The lowest BCUT2D eigenvalue weighted by Gasteiger charge is -2.21. The molecule has 1 aromatic carbocycles. The number of amides is 1. The van der Waals surface area contributed by atoms with E-state index in [-0.39, 0.29) is 5.56 Å². The molecule has 4 rings (SSSR count). The Bertz CT molecular complexity index is 919. The van der Waals surface area contributed by atoms with Crippen molar-refractivity contribution < 1.29 is 13.6 Å². The predicted octanol–water partition coefficient (Wildman–Crippen LogP) is 5.56. The van der Waals surface area contributed by atoms with Crippen molar-refractivity contribution in [2.24, 2.45) is 18.9 Å². The first-order chi connectivity index (χ1) is 13.3. The summed E-state index contributed by atoms with van der Waals surface area (Å²) in [5, 5.41) is 6.68. The van der Waals surface area contributed by atoms with Crippen LogP contribution in [0, 0.1) is 18.8 Å². The molecule has 2 aromatic rings. The summed E-state index contributed by atoms with van der Waals surface area (Å²) in [6.45, 7) is 6.64. The van der Waals surface area contributed by atoms with Gasteiger partial charge in [-0.1, -0.05) is 19.9 Å². The highest BCUT2D eigenvalue weighted by molar-refractivity contribution is 6.05. The number of aryl methyl sites for hydroxylation is 2. The monoisotopic (exact) mass is 387 g/mol. The molecule has 28 heavy (non-hydrogen) atoms. The molecule has 0 radical (unpaired) electrons. The average molecular weight is 387 g/mol. The summed E-state index contributed by atoms with van der Waals surface area (Å²) >= 11 is 0. The van der Waals surface area contributed by atoms with Crippen LogP contribution in [-0.4, -0.2) is 15.7 Å². The summed E-state index contributed by atoms with van der Waals surface area (Å²) in [5.74, 6) is 1.72. The molecule has 1 heterocycles. The van der Waals surface area contributed by atoms with Gasteiger partial charge in [0.1, 0.15) is 5.69 Å². The van der Waals surface area contributed by atoms with Crippen molar-refractivity contribution >= 4 is 11.6 Å². The third kappa shape index (κ3) is 3.03. The quantitative estimate of drug-likeness (QED) is 0.731. The van der Waals surface area contributed by atoms with E-state index in [1.807, 2.05) is 12.1 Å². The van der Waals surface area contributed by atoms with Crippen molar-refractivity contribution in [3.8, 4) is 0 Å². The van der Waals surface area contributed by atoms with Crippen molar-refractivity contribution in [1.29, 1.82) is 0 Å². The molecule has 3 unspecified atom stereocenters. The second-order valence-corrected chi connectivity index (χ2v) is 8.70. The number of alkyl halides is 2. The van der Waals surface area contributed by atoms with E-state index in [4.69, 9.17) is 0 Å². The number of nitrogens with zero attached hydrogens (tertiary/aromatic N) is 2. The number of anilines is 1. The Morgan fingerprint density at radius 1 is 1.25 bits per heavy atom. The number of halogens is 2. The van der Waals surface area contributed by atoms with Crippen molar-refractivity contribution in [3.63, 3.8) is 0 Å². The van der Waals surface area contributed by atoms with E-state index in [0.29, 0.717) is 23.7 Å². The first-order valence-corrected chi connectivity index (χ1v) is 10.0. The van der Waals surface area contributed by atoms with Gasteiger partial charge in [-0.2, -0.15) is 5.10 Å². The molecule has 2 bridgehead atoms. The van der Waals surface area contributed by atoms with Crippen molar-refractivity contribution in [2.45, 2.75) is 58.3 Å². The molecule has 2 aliphatic rings. The van der Waals surface area contributed by atoms with Gasteiger partial charge in [0, 0.05) is 18.9 Å². The van der Waals surface area contributed by atoms with Gasteiger partial charge >= 0.3 is 0 Å². The molecule has 4 nitrogen and oxygen atoms in total. The van der Waals surface area contributed by atoms with Crippen LogP contribution in [-0.2, 0) is 7.05 Å². The Hall–Kier alpha value is -2.24. The van der Waals surface area contributed by atoms with Crippen LogP contribution in [0.3, 0.4) is 0 Å². The van der Waals surface area contributed by atoms with Gasteiger partial charge in [0.2, 0.25) is 0 Å². The molecule has 0 aliphatic heterocycles. The number of hydrogen-bond donors (Lipinski definition) is 1. The lowest BCUT2D eigenvalue weighted by molar-refractivity contribution is 0.101. The minimum Gasteiger partial charge on any atom is -0.322 e. The lowest BCUT2D eigenvalue weighted by Crippen LogP contribution is -2.16. The highest BCUT2D eigenvalue weighted by atomic mass is 19.3. The summed E-state index contributed by atoms with van der Waals surface area (Å²) in [5.41, 5.74) is 4.12. The van der Waals surface area contributed by atoms with Gasteiger partial charge in [-0.25, -0.2) is 8.78 Å². The lowest BCUT2D eigenvalue weighted by atomic mass is 9.86. The number of fused-ring (bicyclic) bond motifs is 5. The van der Waals surface area contributed by atoms with Crippen molar-refractivity contribution in [2.75, 3.05) is 5.32 Å². The van der Waals surface area contributed by atoms with Gasteiger partial charge in [0.25, 0.3) is 12.3 Å². The highest BCUT2D eigenvalue weighted by Gasteiger charge is 2.47. The molecule has 1 saturated carbocycles. The number of carbonyl (C=O) groups excluding carboxylic acids is 1. The van der Waals surface area contributed by atoms with Gasteiger partial charge in [-0.05, 0) is 72.6 Å². The third-order valence-corrected chi connectivity index (χ3v) is 6.37. The highest BCUT2D eigenvalue weighted by Crippen LogP contribution is 2.61. The molecule has 1 fully saturated rings. The summed E-state index contributed by atoms with van der Waals surface area (Å²) < 4.78 is 27.8. The van der Waals surface area contributed by atoms with Crippen LogP contribution in [0.15, 0.2) is 18.3 Å². The maximum atomic E-state index is 13.3. The van der Waals surface area contributed by atoms with Gasteiger partial charge in [-0.15, -0.1) is 0 Å². The van der Waals surface area contributed by atoms with Gasteiger partial charge in [0.15, 0.2) is 0 Å². The van der Waals surface area contributed by atoms with Crippen LogP contribution in [0.2, 0.25) is 0 Å². The third-order valence-electron chi connectivity index (χ3n) is 6.37. The van der Waals surface area contributed by atoms with E-state index in [2.05, 4.69) is 31.2 Å². The maximum absolute atomic E-state index is 13.3. The Morgan fingerprint density at radius 3 is 2.57 bits per heavy atom. The molecule has 0 saturated heterocycles. The number of carbonyl (C=O) groups is 1. The first kappa shape index (κ1) is 19.1. The standard InChI is InChI=1S/C22H27F2N3O/c1-11(2)9-15-13-6-7-14(15)19-17(8-5-12(3)18(13)19)25-22(28)16-10-27(4)26-20(16)21(23)24/h5,8,10-11,13-15,21H,6-7,9H2,1-4H3,(H,25,28). The zero-order chi connectivity index (χ0) is 20.2. The second kappa shape index (κ2) is 6.98. The first-order valence-electron chi connectivity index (χ1n) is 10.0. The molecular weight excluding hydrogens is 360 g/mol. The average Bonchev–Trinajstić information content (AvgIpc) is 3.29. The molecule has 1 aromatic heterocycles. The Labute approximate surface area is 164 Å². The van der Waals surface area contributed by atoms with E-state index < -0.39 is 18.0 Å². The number of aromatic nitrogens is 2. The zero-order valence-electron chi connectivity index (χ0n) is 16.8. The van der Waals surface area contributed by atoms with Crippen molar-refractivity contribution in [3.05, 3.63) is 46.3 Å². The largest absolute Gasteiger partial charge is 0.322 e. The van der Waals surface area contributed by atoms with Crippen LogP contribution in [0.5, 0.6) is 0 Å². The minimum atomic E-state index is -2.78. The van der Waals surface area contributed by atoms with Crippen molar-refractivity contribution in [1.82, 2.24) is 9.78 Å². The Kier molecular flexibility index (Phi) is 4.76. The SMILES string of the molecule is Cc1ccc(NC(=O)c2cn(C)nc2C(F)F)c2c1C1CCC2C1CC(C)C. The molecule has 6 heteroatoms. The van der Waals surface area contributed by atoms with Gasteiger partial charge in [0.05, 0.1) is 5.56 Å². The van der Waals surface area contributed by atoms with E-state index in [0.717, 1.165) is 12.1 Å². The number of nitrogens with one attached hydrogen (secondary N) is 1. The molecule has 0 spiro atoms. The van der Waals surface area contributed by atoms with Gasteiger partial charge < -0.3 is 5.32 Å².